The Labute approximate surface area is 47.9 Å². The molecule has 1 heterocycles. The molecule has 0 aromatic carbocycles. The van der Waals surface area contributed by atoms with Crippen molar-refractivity contribution >= 4 is 5.84 Å². The molecule has 0 aromatic rings. The molecule has 0 bridgehead atoms. The van der Waals surface area contributed by atoms with E-state index < -0.39 is 0 Å². The summed E-state index contributed by atoms with van der Waals surface area (Å²) >= 11 is 0. The molecule has 0 atom stereocenters. The zero-order valence-corrected chi connectivity index (χ0v) is 4.59. The Morgan fingerprint density at radius 1 is 1.50 bits per heavy atom. The van der Waals surface area contributed by atoms with Crippen LogP contribution in [-0.2, 0) is 0 Å². The van der Waals surface area contributed by atoms with Crippen LogP contribution in [0.2, 0.25) is 0 Å². The standard InChI is InChI=1S/C3H7N3.H4N2/c4-3-1-2-5-6-3;1-2/h5H,1-2H2,(H2,4,6);1-2H2. The predicted molar refractivity (Wildman–Crippen MR) is 32.6 cm³/mol. The van der Waals surface area contributed by atoms with Crippen LogP contribution in [0, 0.1) is 0 Å². The third kappa shape index (κ3) is 2.38. The minimum atomic E-state index is 0.718. The van der Waals surface area contributed by atoms with Crippen molar-refractivity contribution in [3.8, 4) is 0 Å². The highest BCUT2D eigenvalue weighted by atomic mass is 15.3. The predicted octanol–water partition coefficient (Wildman–Crippen LogP) is -1.93. The maximum Gasteiger partial charge on any atom is 0.121 e. The van der Waals surface area contributed by atoms with Crippen LogP contribution < -0.4 is 22.8 Å². The molecule has 5 heteroatoms. The molecule has 0 saturated heterocycles. The molecule has 0 saturated carbocycles. The van der Waals surface area contributed by atoms with Crippen molar-refractivity contribution in [2.75, 3.05) is 6.54 Å². The number of nitrogens with zero attached hydrogens (tertiary/aromatic N) is 1. The second-order valence-corrected chi connectivity index (χ2v) is 1.26. The maximum absolute atomic E-state index is 5.22. The lowest BCUT2D eigenvalue weighted by Crippen LogP contribution is -2.06. The number of nitrogens with one attached hydrogen (secondary N) is 1. The molecule has 0 aromatic heterocycles. The van der Waals surface area contributed by atoms with Crippen LogP contribution in [0.5, 0.6) is 0 Å². The molecular weight excluding hydrogens is 106 g/mol. The molecule has 1 aliphatic rings. The second-order valence-electron chi connectivity index (χ2n) is 1.26. The van der Waals surface area contributed by atoms with E-state index in [9.17, 15) is 0 Å². The van der Waals surface area contributed by atoms with Gasteiger partial charge in [0.25, 0.3) is 0 Å². The molecule has 8 heavy (non-hydrogen) atoms. The molecule has 0 amide bonds. The molecule has 0 unspecified atom stereocenters. The average molecular weight is 117 g/mol. The van der Waals surface area contributed by atoms with Gasteiger partial charge in [0.1, 0.15) is 5.84 Å². The third-order valence-electron chi connectivity index (χ3n) is 0.716. The van der Waals surface area contributed by atoms with Crippen molar-refractivity contribution in [2.24, 2.45) is 22.5 Å². The summed E-state index contributed by atoms with van der Waals surface area (Å²) in [4.78, 5) is 0. The fraction of sp³-hybridized carbons (Fsp3) is 0.667. The van der Waals surface area contributed by atoms with Crippen molar-refractivity contribution in [1.82, 2.24) is 5.43 Å². The van der Waals surface area contributed by atoms with Crippen LogP contribution in [0.4, 0.5) is 0 Å². The third-order valence-corrected chi connectivity index (χ3v) is 0.716. The fourth-order valence-electron chi connectivity index (χ4n) is 0.397. The van der Waals surface area contributed by atoms with Crippen molar-refractivity contribution in [3.05, 3.63) is 0 Å². The number of rotatable bonds is 0. The molecule has 0 spiro atoms. The Morgan fingerprint density at radius 3 is 2.25 bits per heavy atom. The van der Waals surface area contributed by atoms with Crippen LogP contribution in [-0.4, -0.2) is 12.4 Å². The normalized spacial score (nSPS) is 15.5. The molecule has 0 fully saturated rings. The monoisotopic (exact) mass is 117 g/mol. The van der Waals surface area contributed by atoms with E-state index in [2.05, 4.69) is 22.2 Å². The number of amidine groups is 1. The van der Waals surface area contributed by atoms with Crippen LogP contribution in [0.15, 0.2) is 5.10 Å². The van der Waals surface area contributed by atoms with Gasteiger partial charge in [-0.1, -0.05) is 0 Å². The highest BCUT2D eigenvalue weighted by Gasteiger charge is 1.96. The van der Waals surface area contributed by atoms with E-state index in [1.807, 2.05) is 0 Å². The van der Waals surface area contributed by atoms with Gasteiger partial charge in [-0.3, -0.25) is 11.7 Å². The Balaban J connectivity index is 0.000000222. The number of hydrazine groups is 1. The van der Waals surface area contributed by atoms with Crippen molar-refractivity contribution < 1.29 is 0 Å². The Hall–Kier alpha value is -0.810. The van der Waals surface area contributed by atoms with Gasteiger partial charge >= 0.3 is 0 Å². The fourth-order valence-corrected chi connectivity index (χ4v) is 0.397. The van der Waals surface area contributed by atoms with E-state index in [1.54, 1.807) is 0 Å². The Bertz CT molecular complexity index is 77.7. The van der Waals surface area contributed by atoms with E-state index in [0.29, 0.717) is 0 Å². The average Bonchev–Trinajstić information content (AvgIpc) is 2.24. The molecule has 0 aliphatic carbocycles. The summed E-state index contributed by atoms with van der Waals surface area (Å²) in [6, 6.07) is 0. The lowest BCUT2D eigenvalue weighted by atomic mass is 10.4. The van der Waals surface area contributed by atoms with Crippen molar-refractivity contribution in [1.29, 1.82) is 0 Å². The molecular formula is C3H11N5. The lowest BCUT2D eigenvalue weighted by molar-refractivity contribution is 0.813. The van der Waals surface area contributed by atoms with Gasteiger partial charge in [0.15, 0.2) is 0 Å². The Kier molecular flexibility index (Phi) is 3.91. The van der Waals surface area contributed by atoms with E-state index in [4.69, 9.17) is 5.73 Å². The SMILES string of the molecule is NC1=NNCC1.NN. The molecule has 1 aliphatic heterocycles. The first kappa shape index (κ1) is 7.19. The molecule has 7 N–H and O–H groups in total. The summed E-state index contributed by atoms with van der Waals surface area (Å²) in [7, 11) is 0. The molecule has 0 radical (unpaired) electrons. The minimum absolute atomic E-state index is 0.718. The zero-order valence-electron chi connectivity index (χ0n) is 4.59. The first-order chi connectivity index (χ1) is 3.89. The molecule has 5 nitrogen and oxygen atoms in total. The summed E-state index contributed by atoms with van der Waals surface area (Å²) in [5.74, 6) is 8.72. The largest absolute Gasteiger partial charge is 0.386 e. The number of hydrazone groups is 1. The van der Waals surface area contributed by atoms with E-state index in [0.717, 1.165) is 18.8 Å². The van der Waals surface area contributed by atoms with Crippen molar-refractivity contribution in [2.45, 2.75) is 6.42 Å². The van der Waals surface area contributed by atoms with Gasteiger partial charge in [0.05, 0.1) is 0 Å². The van der Waals surface area contributed by atoms with Crippen LogP contribution in [0.1, 0.15) is 6.42 Å². The highest BCUT2D eigenvalue weighted by Crippen LogP contribution is 1.82. The van der Waals surface area contributed by atoms with Gasteiger partial charge in [0, 0.05) is 13.0 Å². The van der Waals surface area contributed by atoms with Gasteiger partial charge in [-0.15, -0.1) is 0 Å². The van der Waals surface area contributed by atoms with Crippen LogP contribution >= 0.6 is 0 Å². The number of hydrogen-bond donors (Lipinski definition) is 4. The number of nitrogens with two attached hydrogens (primary N) is 3. The van der Waals surface area contributed by atoms with Crippen LogP contribution in [0.3, 0.4) is 0 Å². The summed E-state index contributed by atoms with van der Waals surface area (Å²) in [6.45, 7) is 0.909. The maximum atomic E-state index is 5.22. The summed E-state index contributed by atoms with van der Waals surface area (Å²) in [5.41, 5.74) is 7.96. The van der Waals surface area contributed by atoms with Crippen molar-refractivity contribution in [3.63, 3.8) is 0 Å². The first-order valence-corrected chi connectivity index (χ1v) is 2.28. The smallest absolute Gasteiger partial charge is 0.121 e. The van der Waals surface area contributed by atoms with Gasteiger partial charge in [-0.25, -0.2) is 0 Å². The first-order valence-electron chi connectivity index (χ1n) is 2.28. The lowest BCUT2D eigenvalue weighted by Gasteiger charge is -1.75. The number of hydrogen-bond acceptors (Lipinski definition) is 5. The topological polar surface area (TPSA) is 102 Å². The van der Waals surface area contributed by atoms with E-state index in [-0.39, 0.29) is 0 Å². The second kappa shape index (κ2) is 4.35. The van der Waals surface area contributed by atoms with Gasteiger partial charge < -0.3 is 11.2 Å². The van der Waals surface area contributed by atoms with Gasteiger partial charge in [-0.05, 0) is 0 Å². The highest BCUT2D eigenvalue weighted by molar-refractivity contribution is 5.81. The molecule has 1 rings (SSSR count). The summed E-state index contributed by atoms with van der Waals surface area (Å²) in [6.07, 6.45) is 0.903. The molecule has 48 valence electrons. The summed E-state index contributed by atoms with van der Waals surface area (Å²) < 4.78 is 0. The summed E-state index contributed by atoms with van der Waals surface area (Å²) in [5, 5.41) is 3.68. The van der Waals surface area contributed by atoms with E-state index >= 15 is 0 Å². The minimum Gasteiger partial charge on any atom is -0.386 e. The van der Waals surface area contributed by atoms with Gasteiger partial charge in [-0.2, -0.15) is 5.10 Å². The Morgan fingerprint density at radius 2 is 2.12 bits per heavy atom. The van der Waals surface area contributed by atoms with Crippen LogP contribution in [0.25, 0.3) is 0 Å². The van der Waals surface area contributed by atoms with E-state index in [1.165, 1.54) is 0 Å². The zero-order chi connectivity index (χ0) is 6.41. The van der Waals surface area contributed by atoms with Gasteiger partial charge in [0.2, 0.25) is 0 Å². The quantitative estimate of drug-likeness (QED) is 0.219.